The van der Waals surface area contributed by atoms with Crippen molar-refractivity contribution >= 4 is 35.3 Å². The molecule has 1 unspecified atom stereocenters. The molecule has 0 heterocycles. The van der Waals surface area contributed by atoms with Crippen LogP contribution in [0.15, 0.2) is 23.8 Å². The van der Waals surface area contributed by atoms with E-state index in [0.717, 1.165) is 5.57 Å². The van der Waals surface area contributed by atoms with E-state index < -0.39 is 75.9 Å². The molecule has 6 N–H and O–H groups in total. The molecule has 3 saturated carbocycles. The number of aliphatic hydroxyl groups excluding tert-OH is 1. The zero-order chi connectivity index (χ0) is 33.4. The Morgan fingerprint density at radius 2 is 1.82 bits per heavy atom. The first-order valence-corrected chi connectivity index (χ1v) is 15.5. The van der Waals surface area contributed by atoms with E-state index in [-0.39, 0.29) is 37.3 Å². The van der Waals surface area contributed by atoms with Gasteiger partial charge in [0.25, 0.3) is 0 Å². The molecular weight excluding hydrogens is 616 g/mol. The zero-order valence-electron chi connectivity index (χ0n) is 25.6. The number of esters is 1. The van der Waals surface area contributed by atoms with Gasteiger partial charge in [0.2, 0.25) is 5.78 Å². The summed E-state index contributed by atoms with van der Waals surface area (Å²) in [5, 5.41) is 40.2. The first-order chi connectivity index (χ1) is 21.0. The summed E-state index contributed by atoms with van der Waals surface area (Å²) >= 11 is 7.41. The first-order valence-electron chi connectivity index (χ1n) is 15.1. The molecule has 15 heteroatoms. The number of carbonyl (C=O) groups is 4. The van der Waals surface area contributed by atoms with Crippen molar-refractivity contribution in [1.82, 2.24) is 5.39 Å². The smallest absolute Gasteiger partial charge is 0.464 e. The molecule has 0 radical (unpaired) electrons. The van der Waals surface area contributed by atoms with Gasteiger partial charge in [-0.3, -0.25) is 29.6 Å². The summed E-state index contributed by atoms with van der Waals surface area (Å²) in [6.45, 7) is 4.02. The van der Waals surface area contributed by atoms with E-state index in [9.17, 15) is 29.4 Å². The Balaban J connectivity index is 1.34. The van der Waals surface area contributed by atoms with Crippen molar-refractivity contribution in [2.24, 2.45) is 34.3 Å². The number of unbranched alkanes of at least 4 members (excludes halogenated alkanes) is 1. The number of rotatable bonds is 12. The van der Waals surface area contributed by atoms with Crippen molar-refractivity contribution in [2.75, 3.05) is 26.4 Å². The standard InChI is InChI=1S/C30H43ClN2O12/c1-17-12-21-20-7-6-18-13-19(34)8-9-27(18,2)29(20,31)23(35)14-28(21,3)30(17,39)24(36)16-44-26(38)43-15-22(32)25(37)42-10-4-5-11-45-33(40)41/h8-9,13,17,20-23,35,39-41H,4-7,10-12,14-16,32H2,1-3H3/t17-,20-,21-,22?,23-,27-,28-,29-,30-/m0/s1. The first kappa shape index (κ1) is 35.4. The lowest BCUT2D eigenvalue weighted by Gasteiger charge is -2.63. The molecule has 45 heavy (non-hydrogen) atoms. The van der Waals surface area contributed by atoms with Crippen LogP contribution in [0.25, 0.3) is 0 Å². The van der Waals surface area contributed by atoms with E-state index in [1.165, 1.54) is 6.08 Å². The lowest BCUT2D eigenvalue weighted by molar-refractivity contribution is -0.492. The van der Waals surface area contributed by atoms with Gasteiger partial charge < -0.3 is 30.2 Å². The van der Waals surface area contributed by atoms with E-state index in [0.29, 0.717) is 32.1 Å². The molecule has 0 bridgehead atoms. The number of ketones is 2. The van der Waals surface area contributed by atoms with Crippen molar-refractivity contribution in [2.45, 2.75) is 81.9 Å². The van der Waals surface area contributed by atoms with Crippen molar-refractivity contribution in [3.63, 3.8) is 0 Å². The minimum absolute atomic E-state index is 0.0185. The quantitative estimate of drug-likeness (QED) is 0.0877. The molecule has 14 nitrogen and oxygen atoms in total. The lowest BCUT2D eigenvalue weighted by Crippen LogP contribution is -2.69. The predicted molar refractivity (Wildman–Crippen MR) is 154 cm³/mol. The van der Waals surface area contributed by atoms with Crippen LogP contribution in [-0.2, 0) is 33.4 Å². The monoisotopic (exact) mass is 658 g/mol. The average molecular weight is 659 g/mol. The van der Waals surface area contributed by atoms with Gasteiger partial charge in [-0.25, -0.2) is 4.79 Å². The Bertz CT molecular complexity index is 1240. The van der Waals surface area contributed by atoms with Gasteiger partial charge in [0.1, 0.15) is 18.2 Å². The highest BCUT2D eigenvalue weighted by molar-refractivity contribution is 6.26. The van der Waals surface area contributed by atoms with Crippen LogP contribution in [0, 0.1) is 28.6 Å². The molecule has 4 aliphatic carbocycles. The Morgan fingerprint density at radius 1 is 1.13 bits per heavy atom. The second kappa shape index (κ2) is 13.4. The fourth-order valence-corrected chi connectivity index (χ4v) is 8.80. The van der Waals surface area contributed by atoms with Crippen LogP contribution in [0.4, 0.5) is 4.79 Å². The lowest BCUT2D eigenvalue weighted by atomic mass is 9.45. The predicted octanol–water partition coefficient (Wildman–Crippen LogP) is 1.99. The third kappa shape index (κ3) is 6.19. The van der Waals surface area contributed by atoms with Gasteiger partial charge in [0, 0.05) is 10.8 Å². The second-order valence-corrected chi connectivity index (χ2v) is 13.6. The van der Waals surface area contributed by atoms with E-state index in [1.54, 1.807) is 26.0 Å². The van der Waals surface area contributed by atoms with Gasteiger partial charge in [-0.05, 0) is 68.4 Å². The Morgan fingerprint density at radius 3 is 2.51 bits per heavy atom. The fourth-order valence-electron chi connectivity index (χ4n) is 8.27. The number of alkyl halides is 1. The number of carbonyl (C=O) groups excluding carboxylic acids is 4. The molecule has 9 atom stereocenters. The minimum Gasteiger partial charge on any atom is -0.464 e. The number of aliphatic hydroxyl groups is 2. The summed E-state index contributed by atoms with van der Waals surface area (Å²) in [6, 6.07) is -1.32. The van der Waals surface area contributed by atoms with Crippen molar-refractivity contribution in [3.8, 4) is 0 Å². The van der Waals surface area contributed by atoms with Crippen LogP contribution in [0.5, 0.6) is 0 Å². The second-order valence-electron chi connectivity index (χ2n) is 13.0. The van der Waals surface area contributed by atoms with Gasteiger partial charge in [-0.15, -0.1) is 11.6 Å². The maximum absolute atomic E-state index is 13.6. The number of nitrogens with two attached hydrogens (primary N) is 1. The molecule has 4 aliphatic rings. The number of Topliss-reactive ketones (excluding diaryl/α,β-unsaturated/α-hetero) is 1. The van der Waals surface area contributed by atoms with Crippen LogP contribution >= 0.6 is 11.6 Å². The van der Waals surface area contributed by atoms with Crippen LogP contribution in [-0.4, -0.2) is 98.8 Å². The third-order valence-corrected chi connectivity index (χ3v) is 11.6. The highest BCUT2D eigenvalue weighted by atomic mass is 35.5. The van der Waals surface area contributed by atoms with E-state index in [2.05, 4.69) is 4.84 Å². The number of hydrogen-bond acceptors (Lipinski definition) is 14. The molecular formula is C30H43ClN2O12. The summed E-state index contributed by atoms with van der Waals surface area (Å²) in [5.74, 6) is -2.77. The number of hydrogen-bond donors (Lipinski definition) is 5. The molecule has 0 saturated heterocycles. The molecule has 252 valence electrons. The van der Waals surface area contributed by atoms with Crippen molar-refractivity contribution < 1.29 is 58.9 Å². The summed E-state index contributed by atoms with van der Waals surface area (Å²) in [5.41, 5.74) is 2.76. The molecule has 0 spiro atoms. The molecule has 0 aliphatic heterocycles. The van der Waals surface area contributed by atoms with Gasteiger partial charge >= 0.3 is 12.1 Å². The summed E-state index contributed by atoms with van der Waals surface area (Å²) in [6.07, 6.45) is 4.81. The third-order valence-electron chi connectivity index (χ3n) is 10.6. The highest BCUT2D eigenvalue weighted by Gasteiger charge is 2.74. The van der Waals surface area contributed by atoms with Crippen molar-refractivity contribution in [1.29, 1.82) is 0 Å². The average Bonchev–Trinajstić information content (AvgIpc) is 3.18. The van der Waals surface area contributed by atoms with Crippen LogP contribution in [0.2, 0.25) is 0 Å². The normalized spacial score (nSPS) is 37.6. The van der Waals surface area contributed by atoms with Crippen LogP contribution in [0.1, 0.15) is 59.3 Å². The van der Waals surface area contributed by atoms with E-state index in [4.69, 9.17) is 42.0 Å². The van der Waals surface area contributed by atoms with Gasteiger partial charge in [0.05, 0.1) is 29.6 Å². The minimum atomic E-state index is -1.94. The SMILES string of the molecule is C[C@H]1C[C@H]2[C@@H]3CCC4=CC(=O)C=C[C@]4(C)[C@@]3(Cl)[C@@H](O)C[C@]2(C)[C@@]1(O)C(=O)COC(=O)OCC(N)C(=O)OCCCCON(O)O. The number of ether oxygens (including phenoxy) is 3. The summed E-state index contributed by atoms with van der Waals surface area (Å²) < 4.78 is 14.8. The molecule has 0 aromatic heterocycles. The van der Waals surface area contributed by atoms with Crippen LogP contribution in [0.3, 0.4) is 0 Å². The maximum Gasteiger partial charge on any atom is 0.508 e. The van der Waals surface area contributed by atoms with Crippen molar-refractivity contribution in [3.05, 3.63) is 23.8 Å². The molecule has 0 aromatic rings. The Hall–Kier alpha value is -2.43. The summed E-state index contributed by atoms with van der Waals surface area (Å²) in [7, 11) is 0. The summed E-state index contributed by atoms with van der Waals surface area (Å²) in [4.78, 5) is 53.2. The van der Waals surface area contributed by atoms with E-state index in [1.807, 2.05) is 6.92 Å². The number of fused-ring (bicyclic) bond motifs is 5. The maximum atomic E-state index is 13.6. The number of allylic oxidation sites excluding steroid dienone is 4. The highest BCUT2D eigenvalue weighted by Crippen LogP contribution is 2.71. The van der Waals surface area contributed by atoms with Gasteiger partial charge in [-0.1, -0.05) is 32.4 Å². The molecule has 0 amide bonds. The van der Waals surface area contributed by atoms with E-state index >= 15 is 0 Å². The Labute approximate surface area is 265 Å². The molecule has 4 rings (SSSR count). The molecule has 3 fully saturated rings. The number of halogens is 1. The topological polar surface area (TPSA) is 215 Å². The largest absolute Gasteiger partial charge is 0.508 e. The van der Waals surface area contributed by atoms with Crippen LogP contribution < -0.4 is 5.73 Å². The zero-order valence-corrected chi connectivity index (χ0v) is 26.4. The van der Waals surface area contributed by atoms with Gasteiger partial charge in [-0.2, -0.15) is 0 Å². The fraction of sp³-hybridized carbons (Fsp3) is 0.733. The molecule has 0 aromatic carbocycles. The number of nitrogens with zero attached hydrogens (tertiary/aromatic N) is 1. The van der Waals surface area contributed by atoms with Gasteiger partial charge in [0.15, 0.2) is 12.4 Å². The Kier molecular flexibility index (Phi) is 10.5.